The van der Waals surface area contributed by atoms with Crippen molar-refractivity contribution in [3.05, 3.63) is 65.0 Å². The summed E-state index contributed by atoms with van der Waals surface area (Å²) in [6, 6.07) is 13.5. The van der Waals surface area contributed by atoms with Crippen molar-refractivity contribution in [1.82, 2.24) is 0 Å². The molecule has 0 bridgehead atoms. The molecule has 2 unspecified atom stereocenters. The SMILES string of the molecule is Cc1cc(C(Br)C2CCOc3ccccc32)ccc1F. The highest BCUT2D eigenvalue weighted by Gasteiger charge is 2.28. The van der Waals surface area contributed by atoms with Crippen LogP contribution in [0.5, 0.6) is 5.75 Å². The smallest absolute Gasteiger partial charge is 0.126 e. The molecule has 2 aromatic rings. The molecule has 1 aliphatic heterocycles. The largest absolute Gasteiger partial charge is 0.493 e. The van der Waals surface area contributed by atoms with Crippen LogP contribution in [-0.4, -0.2) is 6.61 Å². The second-order valence-electron chi connectivity index (χ2n) is 5.19. The quantitative estimate of drug-likeness (QED) is 0.691. The maximum atomic E-state index is 13.4. The molecule has 0 N–H and O–H groups in total. The molecule has 0 fully saturated rings. The summed E-state index contributed by atoms with van der Waals surface area (Å²) in [6.45, 7) is 2.53. The monoisotopic (exact) mass is 334 g/mol. The van der Waals surface area contributed by atoms with Crippen LogP contribution in [0.4, 0.5) is 4.39 Å². The zero-order valence-electron chi connectivity index (χ0n) is 11.3. The number of rotatable bonds is 2. The van der Waals surface area contributed by atoms with Gasteiger partial charge in [-0.1, -0.05) is 46.3 Å². The van der Waals surface area contributed by atoms with E-state index in [1.165, 1.54) is 5.56 Å². The summed E-state index contributed by atoms with van der Waals surface area (Å²) in [7, 11) is 0. The van der Waals surface area contributed by atoms with Gasteiger partial charge in [0.2, 0.25) is 0 Å². The first-order chi connectivity index (χ1) is 9.66. The number of para-hydroxylation sites is 1. The Bertz CT molecular complexity index is 626. The minimum atomic E-state index is -0.152. The van der Waals surface area contributed by atoms with Crippen LogP contribution in [0.3, 0.4) is 0 Å². The third kappa shape index (κ3) is 2.47. The van der Waals surface area contributed by atoms with Crippen LogP contribution in [0.15, 0.2) is 42.5 Å². The molecule has 0 saturated heterocycles. The number of benzene rings is 2. The third-order valence-electron chi connectivity index (χ3n) is 3.86. The van der Waals surface area contributed by atoms with E-state index in [9.17, 15) is 4.39 Å². The first-order valence-electron chi connectivity index (χ1n) is 6.78. The van der Waals surface area contributed by atoms with E-state index < -0.39 is 0 Å². The number of aryl methyl sites for hydroxylation is 1. The maximum absolute atomic E-state index is 13.4. The fourth-order valence-corrected chi connectivity index (χ4v) is 3.58. The van der Waals surface area contributed by atoms with Gasteiger partial charge in [-0.15, -0.1) is 0 Å². The van der Waals surface area contributed by atoms with Crippen molar-refractivity contribution in [3.63, 3.8) is 0 Å². The van der Waals surface area contributed by atoms with Gasteiger partial charge in [0, 0.05) is 10.7 Å². The van der Waals surface area contributed by atoms with E-state index in [-0.39, 0.29) is 10.6 Å². The van der Waals surface area contributed by atoms with E-state index in [0.717, 1.165) is 24.3 Å². The number of alkyl halides is 1. The Hall–Kier alpha value is -1.35. The number of hydrogen-bond donors (Lipinski definition) is 0. The van der Waals surface area contributed by atoms with Gasteiger partial charge in [-0.25, -0.2) is 4.39 Å². The Morgan fingerprint density at radius 2 is 2.05 bits per heavy atom. The van der Waals surface area contributed by atoms with Gasteiger partial charge in [-0.05, 0) is 42.2 Å². The van der Waals surface area contributed by atoms with Crippen LogP contribution < -0.4 is 4.74 Å². The molecule has 0 amide bonds. The van der Waals surface area contributed by atoms with E-state index in [1.54, 1.807) is 13.0 Å². The number of ether oxygens (including phenoxy) is 1. The predicted molar refractivity (Wildman–Crippen MR) is 82.1 cm³/mol. The fourth-order valence-electron chi connectivity index (χ4n) is 2.75. The summed E-state index contributed by atoms with van der Waals surface area (Å²) in [4.78, 5) is 0.173. The molecule has 20 heavy (non-hydrogen) atoms. The highest BCUT2D eigenvalue weighted by atomic mass is 79.9. The van der Waals surface area contributed by atoms with E-state index in [4.69, 9.17) is 4.74 Å². The van der Waals surface area contributed by atoms with E-state index in [1.807, 2.05) is 30.3 Å². The summed E-state index contributed by atoms with van der Waals surface area (Å²) in [5.74, 6) is 1.16. The maximum Gasteiger partial charge on any atom is 0.126 e. The van der Waals surface area contributed by atoms with Crippen LogP contribution in [0.25, 0.3) is 0 Å². The van der Waals surface area contributed by atoms with Crippen LogP contribution in [0, 0.1) is 12.7 Å². The van der Waals surface area contributed by atoms with Gasteiger partial charge in [0.05, 0.1) is 6.61 Å². The third-order valence-corrected chi connectivity index (χ3v) is 5.03. The van der Waals surface area contributed by atoms with Crippen molar-refractivity contribution in [2.45, 2.75) is 24.1 Å². The van der Waals surface area contributed by atoms with Crippen molar-refractivity contribution in [3.8, 4) is 5.75 Å². The minimum absolute atomic E-state index is 0.152. The Morgan fingerprint density at radius 3 is 2.85 bits per heavy atom. The van der Waals surface area contributed by atoms with Gasteiger partial charge < -0.3 is 4.74 Å². The van der Waals surface area contributed by atoms with Crippen molar-refractivity contribution < 1.29 is 9.13 Å². The second-order valence-corrected chi connectivity index (χ2v) is 6.18. The molecule has 2 aromatic carbocycles. The predicted octanol–water partition coefficient (Wildman–Crippen LogP) is 5.14. The highest BCUT2D eigenvalue weighted by Crippen LogP contribution is 2.45. The molecule has 2 atom stereocenters. The lowest BCUT2D eigenvalue weighted by atomic mass is 9.87. The lowest BCUT2D eigenvalue weighted by Gasteiger charge is -2.29. The normalized spacial score (nSPS) is 19.1. The molecule has 1 heterocycles. The molecule has 0 spiro atoms. The average Bonchev–Trinajstić information content (AvgIpc) is 2.49. The number of halogens is 2. The molecule has 0 saturated carbocycles. The molecule has 1 aliphatic rings. The summed E-state index contributed by atoms with van der Waals surface area (Å²) in [5.41, 5.74) is 3.03. The Labute approximate surface area is 126 Å². The van der Waals surface area contributed by atoms with E-state index in [0.29, 0.717) is 11.5 Å². The summed E-state index contributed by atoms with van der Waals surface area (Å²) in [6.07, 6.45) is 0.962. The molecular formula is C17H16BrFO. The molecule has 0 radical (unpaired) electrons. The lowest BCUT2D eigenvalue weighted by Crippen LogP contribution is -2.17. The van der Waals surface area contributed by atoms with Gasteiger partial charge >= 0.3 is 0 Å². The Balaban J connectivity index is 1.95. The zero-order valence-corrected chi connectivity index (χ0v) is 12.9. The Morgan fingerprint density at radius 1 is 1.25 bits per heavy atom. The van der Waals surface area contributed by atoms with Crippen LogP contribution in [-0.2, 0) is 0 Å². The first-order valence-corrected chi connectivity index (χ1v) is 7.70. The highest BCUT2D eigenvalue weighted by molar-refractivity contribution is 9.09. The zero-order chi connectivity index (χ0) is 14.1. The standard InChI is InChI=1S/C17H16BrFO/c1-11-10-12(6-7-15(11)19)17(18)14-8-9-20-16-5-3-2-4-13(14)16/h2-7,10,14,17H,8-9H2,1H3. The van der Waals surface area contributed by atoms with Crippen molar-refractivity contribution >= 4 is 15.9 Å². The van der Waals surface area contributed by atoms with Gasteiger partial charge in [-0.2, -0.15) is 0 Å². The van der Waals surface area contributed by atoms with E-state index in [2.05, 4.69) is 22.0 Å². The van der Waals surface area contributed by atoms with Gasteiger partial charge in [0.1, 0.15) is 11.6 Å². The van der Waals surface area contributed by atoms with Gasteiger partial charge in [0.25, 0.3) is 0 Å². The van der Waals surface area contributed by atoms with Gasteiger partial charge in [0.15, 0.2) is 0 Å². The van der Waals surface area contributed by atoms with Crippen LogP contribution >= 0.6 is 15.9 Å². The van der Waals surface area contributed by atoms with E-state index >= 15 is 0 Å². The first kappa shape index (κ1) is 13.6. The number of hydrogen-bond acceptors (Lipinski definition) is 1. The van der Waals surface area contributed by atoms with Crippen LogP contribution in [0.1, 0.15) is 33.9 Å². The van der Waals surface area contributed by atoms with Crippen molar-refractivity contribution in [1.29, 1.82) is 0 Å². The second kappa shape index (κ2) is 5.57. The molecule has 3 heteroatoms. The van der Waals surface area contributed by atoms with Crippen molar-refractivity contribution in [2.24, 2.45) is 0 Å². The summed E-state index contributed by atoms with van der Waals surface area (Å²) >= 11 is 3.80. The average molecular weight is 335 g/mol. The lowest BCUT2D eigenvalue weighted by molar-refractivity contribution is 0.266. The van der Waals surface area contributed by atoms with Crippen molar-refractivity contribution in [2.75, 3.05) is 6.61 Å². The molecular weight excluding hydrogens is 319 g/mol. The molecule has 104 valence electrons. The fraction of sp³-hybridized carbons (Fsp3) is 0.294. The topological polar surface area (TPSA) is 9.23 Å². The Kier molecular flexibility index (Phi) is 3.79. The minimum Gasteiger partial charge on any atom is -0.493 e. The van der Waals surface area contributed by atoms with Gasteiger partial charge in [-0.3, -0.25) is 0 Å². The molecule has 3 rings (SSSR count). The molecule has 0 aromatic heterocycles. The summed E-state index contributed by atoms with van der Waals surface area (Å²) < 4.78 is 19.1. The molecule has 0 aliphatic carbocycles. The van der Waals surface area contributed by atoms with Crippen LogP contribution in [0.2, 0.25) is 0 Å². The molecule has 1 nitrogen and oxygen atoms in total. The number of fused-ring (bicyclic) bond motifs is 1. The summed E-state index contributed by atoms with van der Waals surface area (Å²) in [5, 5.41) is 0.